The SMILES string of the molecule is C[C@H]1CNC(=O)[C@@H](CC(=O)N2CCC[C@H]2CO)CC=CCC[C@H](Cc2ccccc2)C(=O)O1. The lowest BCUT2D eigenvalue weighted by Gasteiger charge is -2.25. The molecule has 7 nitrogen and oxygen atoms in total. The molecule has 1 aromatic carbocycles. The van der Waals surface area contributed by atoms with Crippen molar-refractivity contribution in [3.63, 3.8) is 0 Å². The van der Waals surface area contributed by atoms with Crippen LogP contribution in [0.1, 0.15) is 51.0 Å². The number of hydrogen-bond acceptors (Lipinski definition) is 5. The number of amides is 2. The molecule has 3 rings (SSSR count). The molecule has 0 unspecified atom stereocenters. The first kappa shape index (κ1) is 25.0. The zero-order valence-corrected chi connectivity index (χ0v) is 19.4. The Hall–Kier alpha value is -2.67. The summed E-state index contributed by atoms with van der Waals surface area (Å²) in [6.45, 7) is 2.56. The number of esters is 1. The van der Waals surface area contributed by atoms with Crippen LogP contribution < -0.4 is 5.32 Å². The van der Waals surface area contributed by atoms with Crippen LogP contribution in [-0.2, 0) is 25.5 Å². The van der Waals surface area contributed by atoms with Crippen molar-refractivity contribution in [1.29, 1.82) is 0 Å². The lowest BCUT2D eigenvalue weighted by atomic mass is 9.94. The molecule has 1 fully saturated rings. The molecular formula is C26H36N2O5. The molecule has 2 aliphatic heterocycles. The van der Waals surface area contributed by atoms with Gasteiger partial charge in [0.15, 0.2) is 0 Å². The number of cyclic esters (lactones) is 1. The van der Waals surface area contributed by atoms with E-state index in [1.54, 1.807) is 11.8 Å². The Morgan fingerprint density at radius 1 is 1.15 bits per heavy atom. The van der Waals surface area contributed by atoms with Gasteiger partial charge in [0.2, 0.25) is 11.8 Å². The second kappa shape index (κ2) is 12.5. The van der Waals surface area contributed by atoms with Gasteiger partial charge < -0.3 is 20.1 Å². The Bertz CT molecular complexity index is 825. The number of rotatable bonds is 5. The highest BCUT2D eigenvalue weighted by Crippen LogP contribution is 2.22. The van der Waals surface area contributed by atoms with Gasteiger partial charge in [-0.3, -0.25) is 14.4 Å². The minimum absolute atomic E-state index is 0.0461. The van der Waals surface area contributed by atoms with E-state index in [9.17, 15) is 19.5 Å². The van der Waals surface area contributed by atoms with Crippen LogP contribution in [0.3, 0.4) is 0 Å². The first-order valence-electron chi connectivity index (χ1n) is 12.1. The van der Waals surface area contributed by atoms with E-state index in [2.05, 4.69) is 5.32 Å². The molecule has 7 heteroatoms. The molecule has 0 saturated carbocycles. The average molecular weight is 457 g/mol. The third-order valence-electron chi connectivity index (χ3n) is 6.51. The van der Waals surface area contributed by atoms with Crippen molar-refractivity contribution in [2.75, 3.05) is 19.7 Å². The first-order valence-corrected chi connectivity index (χ1v) is 12.1. The van der Waals surface area contributed by atoms with Crippen LogP contribution in [0.25, 0.3) is 0 Å². The third-order valence-corrected chi connectivity index (χ3v) is 6.51. The second-order valence-corrected chi connectivity index (χ2v) is 9.13. The summed E-state index contributed by atoms with van der Waals surface area (Å²) in [6, 6.07) is 9.75. The van der Waals surface area contributed by atoms with Crippen LogP contribution in [-0.4, -0.2) is 59.6 Å². The maximum Gasteiger partial charge on any atom is 0.309 e. The average Bonchev–Trinajstić information content (AvgIpc) is 3.30. The van der Waals surface area contributed by atoms with Gasteiger partial charge in [0.25, 0.3) is 0 Å². The van der Waals surface area contributed by atoms with E-state index in [4.69, 9.17) is 4.74 Å². The van der Waals surface area contributed by atoms with Gasteiger partial charge in [-0.2, -0.15) is 0 Å². The van der Waals surface area contributed by atoms with Crippen LogP contribution >= 0.6 is 0 Å². The largest absolute Gasteiger partial charge is 0.461 e. The Morgan fingerprint density at radius 3 is 2.70 bits per heavy atom. The van der Waals surface area contributed by atoms with E-state index < -0.39 is 12.0 Å². The van der Waals surface area contributed by atoms with Crippen LogP contribution in [0, 0.1) is 11.8 Å². The molecule has 2 amide bonds. The van der Waals surface area contributed by atoms with Crippen molar-refractivity contribution in [1.82, 2.24) is 10.2 Å². The van der Waals surface area contributed by atoms with Crippen LogP contribution in [0.2, 0.25) is 0 Å². The molecule has 4 atom stereocenters. The maximum absolute atomic E-state index is 12.8. The highest BCUT2D eigenvalue weighted by Gasteiger charge is 2.31. The van der Waals surface area contributed by atoms with Crippen molar-refractivity contribution in [2.45, 2.75) is 64.0 Å². The highest BCUT2D eigenvalue weighted by atomic mass is 16.5. The van der Waals surface area contributed by atoms with Gasteiger partial charge in [0, 0.05) is 13.0 Å². The molecule has 0 bridgehead atoms. The van der Waals surface area contributed by atoms with Gasteiger partial charge in [0.1, 0.15) is 6.10 Å². The van der Waals surface area contributed by atoms with Gasteiger partial charge >= 0.3 is 5.97 Å². The van der Waals surface area contributed by atoms with Crippen LogP contribution in [0.5, 0.6) is 0 Å². The van der Waals surface area contributed by atoms with Crippen molar-refractivity contribution >= 4 is 17.8 Å². The Kier molecular flexibility index (Phi) is 9.48. The Morgan fingerprint density at radius 2 is 1.94 bits per heavy atom. The zero-order valence-electron chi connectivity index (χ0n) is 19.4. The summed E-state index contributed by atoms with van der Waals surface area (Å²) in [6.07, 6.45) is 7.69. The summed E-state index contributed by atoms with van der Waals surface area (Å²) < 4.78 is 5.64. The Labute approximate surface area is 196 Å². The van der Waals surface area contributed by atoms with E-state index in [0.29, 0.717) is 32.2 Å². The molecule has 33 heavy (non-hydrogen) atoms. The minimum Gasteiger partial charge on any atom is -0.461 e. The predicted molar refractivity (Wildman–Crippen MR) is 125 cm³/mol. The quantitative estimate of drug-likeness (QED) is 0.525. The zero-order chi connectivity index (χ0) is 23.6. The lowest BCUT2D eigenvalue weighted by Crippen LogP contribution is -2.42. The standard InChI is InChI=1S/C26H36N2O5/c1-19-17-27-25(31)21(16-24(30)28-14-8-13-23(28)18-29)11-6-3-7-12-22(26(32)33-19)15-20-9-4-2-5-10-20/h2-6,9-10,19,21-23,29H,7-8,11-18H2,1H3,(H,27,31)/t19-,21+,22+,23-/m0/s1. The van der Waals surface area contributed by atoms with E-state index in [1.165, 1.54) is 0 Å². The molecule has 0 radical (unpaired) electrons. The number of aliphatic hydroxyl groups is 1. The molecule has 0 aromatic heterocycles. The molecular weight excluding hydrogens is 420 g/mol. The number of aliphatic hydroxyl groups excluding tert-OH is 1. The monoisotopic (exact) mass is 456 g/mol. The van der Waals surface area contributed by atoms with Crippen molar-refractivity contribution in [3.05, 3.63) is 48.0 Å². The number of nitrogens with one attached hydrogen (secondary N) is 1. The number of carbonyl (C=O) groups is 3. The maximum atomic E-state index is 12.8. The first-order chi connectivity index (χ1) is 16.0. The molecule has 2 aliphatic rings. The summed E-state index contributed by atoms with van der Waals surface area (Å²) in [7, 11) is 0. The molecule has 1 aromatic rings. The molecule has 0 aliphatic carbocycles. The smallest absolute Gasteiger partial charge is 0.309 e. The number of benzene rings is 1. The predicted octanol–water partition coefficient (Wildman–Crippen LogP) is 2.62. The Balaban J connectivity index is 1.65. The summed E-state index contributed by atoms with van der Waals surface area (Å²) >= 11 is 0. The topological polar surface area (TPSA) is 95.9 Å². The molecule has 180 valence electrons. The number of likely N-dealkylation sites (tertiary alicyclic amines) is 1. The van der Waals surface area contributed by atoms with Gasteiger partial charge in [-0.1, -0.05) is 42.5 Å². The van der Waals surface area contributed by atoms with Gasteiger partial charge in [-0.25, -0.2) is 0 Å². The fraction of sp³-hybridized carbons (Fsp3) is 0.577. The summed E-state index contributed by atoms with van der Waals surface area (Å²) in [5, 5.41) is 12.4. The summed E-state index contributed by atoms with van der Waals surface area (Å²) in [4.78, 5) is 40.2. The number of ether oxygens (including phenoxy) is 1. The molecule has 1 saturated heterocycles. The third kappa shape index (κ3) is 7.42. The second-order valence-electron chi connectivity index (χ2n) is 9.13. The number of hydrogen-bond donors (Lipinski definition) is 2. The summed E-state index contributed by atoms with van der Waals surface area (Å²) in [5.41, 5.74) is 1.09. The number of nitrogens with zero attached hydrogens (tertiary/aromatic N) is 1. The van der Waals surface area contributed by atoms with E-state index in [0.717, 1.165) is 18.4 Å². The van der Waals surface area contributed by atoms with Gasteiger partial charge in [-0.15, -0.1) is 0 Å². The van der Waals surface area contributed by atoms with Crippen LogP contribution in [0.15, 0.2) is 42.5 Å². The fourth-order valence-electron chi connectivity index (χ4n) is 4.57. The van der Waals surface area contributed by atoms with Crippen molar-refractivity contribution in [3.8, 4) is 0 Å². The highest BCUT2D eigenvalue weighted by molar-refractivity contribution is 5.86. The summed E-state index contributed by atoms with van der Waals surface area (Å²) in [5.74, 6) is -1.29. The van der Waals surface area contributed by atoms with Gasteiger partial charge in [-0.05, 0) is 51.0 Å². The normalized spacial score (nSPS) is 27.2. The van der Waals surface area contributed by atoms with E-state index in [-0.39, 0.29) is 49.3 Å². The fourth-order valence-corrected chi connectivity index (χ4v) is 4.57. The van der Waals surface area contributed by atoms with Crippen molar-refractivity contribution < 1.29 is 24.2 Å². The molecule has 0 spiro atoms. The minimum atomic E-state index is -0.488. The van der Waals surface area contributed by atoms with Crippen molar-refractivity contribution in [2.24, 2.45) is 11.8 Å². The lowest BCUT2D eigenvalue weighted by molar-refractivity contribution is -0.153. The molecule has 2 N–H and O–H groups in total. The number of carbonyl (C=O) groups excluding carboxylic acids is 3. The molecule has 2 heterocycles. The van der Waals surface area contributed by atoms with E-state index >= 15 is 0 Å². The van der Waals surface area contributed by atoms with E-state index in [1.807, 2.05) is 42.5 Å². The van der Waals surface area contributed by atoms with Gasteiger partial charge in [0.05, 0.1) is 31.0 Å². The number of allylic oxidation sites excluding steroid dienone is 2. The van der Waals surface area contributed by atoms with Crippen LogP contribution in [0.4, 0.5) is 0 Å².